The van der Waals surface area contributed by atoms with Crippen molar-refractivity contribution in [1.82, 2.24) is 9.21 Å². The van der Waals surface area contributed by atoms with Crippen LogP contribution in [0.5, 0.6) is 11.5 Å². The summed E-state index contributed by atoms with van der Waals surface area (Å²) in [5.74, 6) is -0.00308. The first-order valence-electron chi connectivity index (χ1n) is 12.1. The summed E-state index contributed by atoms with van der Waals surface area (Å²) in [7, 11) is -0.819. The predicted octanol–water partition coefficient (Wildman–Crippen LogP) is 3.97. The highest BCUT2D eigenvalue weighted by Gasteiger charge is 2.39. The number of nitrogens with one attached hydrogen (secondary N) is 1. The Balaban J connectivity index is 1.42. The molecular weight excluding hydrogens is 559 g/mol. The van der Waals surface area contributed by atoms with Gasteiger partial charge < -0.3 is 14.8 Å². The van der Waals surface area contributed by atoms with Crippen molar-refractivity contribution in [1.29, 1.82) is 0 Å². The van der Waals surface area contributed by atoms with E-state index in [1.807, 2.05) is 6.07 Å². The van der Waals surface area contributed by atoms with E-state index in [4.69, 9.17) is 9.47 Å². The normalized spacial score (nSPS) is 17.6. The third-order valence-corrected chi connectivity index (χ3v) is 9.10. The number of hydrogen-bond acceptors (Lipinski definition) is 8. The summed E-state index contributed by atoms with van der Waals surface area (Å²) >= 11 is 1.12. The molecule has 2 aliphatic heterocycles. The number of carbonyl (C=O) groups excluding carboxylic acids is 2. The number of nitrogens with zero attached hydrogens (tertiary/aromatic N) is 3. The first-order chi connectivity index (χ1) is 19.1. The van der Waals surface area contributed by atoms with Crippen LogP contribution < -0.4 is 14.8 Å². The van der Waals surface area contributed by atoms with Crippen LogP contribution >= 0.6 is 11.8 Å². The van der Waals surface area contributed by atoms with E-state index in [1.165, 1.54) is 55.4 Å². The number of ether oxygens (including phenoxy) is 2. The summed E-state index contributed by atoms with van der Waals surface area (Å²) in [4.78, 5) is 32.4. The van der Waals surface area contributed by atoms with Crippen molar-refractivity contribution in [3.63, 3.8) is 0 Å². The molecule has 1 fully saturated rings. The van der Waals surface area contributed by atoms with Gasteiger partial charge in [0.25, 0.3) is 0 Å². The number of fused-ring (bicyclic) bond motifs is 1. The third kappa shape index (κ3) is 5.96. The lowest BCUT2D eigenvalue weighted by Gasteiger charge is -2.17. The van der Waals surface area contributed by atoms with Crippen LogP contribution in [-0.4, -0.2) is 60.7 Å². The Morgan fingerprint density at radius 1 is 1.10 bits per heavy atom. The van der Waals surface area contributed by atoms with Crippen LogP contribution in [0.15, 0.2) is 76.6 Å². The van der Waals surface area contributed by atoms with Gasteiger partial charge in [-0.1, -0.05) is 23.9 Å². The van der Waals surface area contributed by atoms with Crippen LogP contribution in [0.2, 0.25) is 0 Å². The van der Waals surface area contributed by atoms with Gasteiger partial charge >= 0.3 is 0 Å². The molecule has 208 valence electrons. The van der Waals surface area contributed by atoms with E-state index in [1.54, 1.807) is 24.3 Å². The predicted molar refractivity (Wildman–Crippen MR) is 149 cm³/mol. The second-order valence-corrected chi connectivity index (χ2v) is 12.5. The average molecular weight is 585 g/mol. The Labute approximate surface area is 234 Å². The minimum absolute atomic E-state index is 0.0613. The van der Waals surface area contributed by atoms with Gasteiger partial charge in [-0.2, -0.15) is 0 Å². The smallest absolute Gasteiger partial charge is 0.242 e. The summed E-state index contributed by atoms with van der Waals surface area (Å²) in [5, 5.41) is 2.22. The maximum Gasteiger partial charge on any atom is 0.242 e. The zero-order valence-corrected chi connectivity index (χ0v) is 23.2. The van der Waals surface area contributed by atoms with E-state index >= 15 is 0 Å². The zero-order chi connectivity index (χ0) is 28.4. The summed E-state index contributed by atoms with van der Waals surface area (Å²) < 4.78 is 50.4. The number of halogens is 1. The molecule has 0 radical (unpaired) electrons. The maximum absolute atomic E-state index is 13.5. The largest absolute Gasteiger partial charge is 0.454 e. The van der Waals surface area contributed by atoms with Gasteiger partial charge in [0.1, 0.15) is 11.1 Å². The molecule has 0 unspecified atom stereocenters. The average Bonchev–Trinajstić information content (AvgIpc) is 3.50. The molecule has 3 aromatic rings. The summed E-state index contributed by atoms with van der Waals surface area (Å²) in [5.41, 5.74) is 1.50. The van der Waals surface area contributed by atoms with Crippen LogP contribution in [0.3, 0.4) is 0 Å². The SMILES string of the molecule is CN(C)S(=O)(=O)c1cccc(N=C2S[C@@H](CC(=O)Nc3ccc(F)cc3)C(=O)N2Cc2ccc3c(c2)OCO3)c1. The number of benzene rings is 3. The van der Waals surface area contributed by atoms with Crippen LogP contribution in [0.1, 0.15) is 12.0 Å². The van der Waals surface area contributed by atoms with Crippen molar-refractivity contribution in [2.45, 2.75) is 23.1 Å². The highest BCUT2D eigenvalue weighted by molar-refractivity contribution is 8.15. The zero-order valence-electron chi connectivity index (χ0n) is 21.5. The van der Waals surface area contributed by atoms with E-state index in [9.17, 15) is 22.4 Å². The first kappa shape index (κ1) is 27.6. The van der Waals surface area contributed by atoms with Gasteiger partial charge in [0.05, 0.1) is 17.1 Å². The lowest BCUT2D eigenvalue weighted by molar-refractivity contribution is -0.128. The quantitative estimate of drug-likeness (QED) is 0.426. The number of anilines is 1. The number of aliphatic imine (C=N–C) groups is 1. The molecule has 1 atom stereocenters. The maximum atomic E-state index is 13.5. The number of hydrogen-bond donors (Lipinski definition) is 1. The molecule has 0 bridgehead atoms. The fourth-order valence-electron chi connectivity index (χ4n) is 4.04. The first-order valence-corrected chi connectivity index (χ1v) is 14.5. The highest BCUT2D eigenvalue weighted by Crippen LogP contribution is 2.36. The van der Waals surface area contributed by atoms with E-state index < -0.39 is 27.0 Å². The number of rotatable bonds is 8. The fourth-order valence-corrected chi connectivity index (χ4v) is 6.14. The Kier molecular flexibility index (Phi) is 7.79. The minimum atomic E-state index is -3.70. The van der Waals surface area contributed by atoms with Crippen molar-refractivity contribution < 1.29 is 31.9 Å². The van der Waals surface area contributed by atoms with Gasteiger partial charge in [0, 0.05) is 26.2 Å². The molecular formula is C27H25FN4O6S2. The molecule has 1 saturated heterocycles. The van der Waals surface area contributed by atoms with Gasteiger partial charge in [-0.3, -0.25) is 14.5 Å². The summed E-state index contributed by atoms with van der Waals surface area (Å²) in [6, 6.07) is 16.8. The fraction of sp³-hybridized carbons (Fsp3) is 0.222. The molecule has 13 heteroatoms. The van der Waals surface area contributed by atoms with Gasteiger partial charge in [0.2, 0.25) is 28.6 Å². The van der Waals surface area contributed by atoms with Gasteiger partial charge in [-0.05, 0) is 60.2 Å². The van der Waals surface area contributed by atoms with Crippen LogP contribution in [0.4, 0.5) is 15.8 Å². The van der Waals surface area contributed by atoms with Crippen LogP contribution in [0, 0.1) is 5.82 Å². The second kappa shape index (κ2) is 11.3. The van der Waals surface area contributed by atoms with Crippen LogP contribution in [-0.2, 0) is 26.2 Å². The van der Waals surface area contributed by atoms with E-state index in [0.717, 1.165) is 21.6 Å². The van der Waals surface area contributed by atoms with Crippen molar-refractivity contribution >= 4 is 50.1 Å². The summed E-state index contributed by atoms with van der Waals surface area (Å²) in [6.45, 7) is 0.258. The summed E-state index contributed by atoms with van der Waals surface area (Å²) in [6.07, 6.45) is -0.146. The molecule has 0 aliphatic carbocycles. The van der Waals surface area contributed by atoms with Crippen LogP contribution in [0.25, 0.3) is 0 Å². The van der Waals surface area contributed by atoms with E-state index in [-0.39, 0.29) is 30.6 Å². The Morgan fingerprint density at radius 3 is 2.60 bits per heavy atom. The highest BCUT2D eigenvalue weighted by atomic mass is 32.2. The molecule has 40 heavy (non-hydrogen) atoms. The molecule has 1 N–H and O–H groups in total. The molecule has 2 amide bonds. The molecule has 2 aliphatic rings. The number of thioether (sulfide) groups is 1. The van der Waals surface area contributed by atoms with Gasteiger partial charge in [-0.15, -0.1) is 0 Å². The molecule has 3 aromatic carbocycles. The molecule has 10 nitrogen and oxygen atoms in total. The van der Waals surface area contributed by atoms with E-state index in [2.05, 4.69) is 10.3 Å². The second-order valence-electron chi connectivity index (χ2n) is 9.16. The monoisotopic (exact) mass is 584 g/mol. The molecule has 2 heterocycles. The Bertz CT molecular complexity index is 1590. The number of carbonyl (C=O) groups is 2. The van der Waals surface area contributed by atoms with Crippen molar-refractivity contribution in [3.8, 4) is 11.5 Å². The van der Waals surface area contributed by atoms with Crippen molar-refractivity contribution in [2.24, 2.45) is 4.99 Å². The third-order valence-electron chi connectivity index (χ3n) is 6.12. The lowest BCUT2D eigenvalue weighted by atomic mass is 10.1. The number of amidine groups is 1. The molecule has 5 rings (SSSR count). The topological polar surface area (TPSA) is 118 Å². The lowest BCUT2D eigenvalue weighted by Crippen LogP contribution is -2.33. The van der Waals surface area contributed by atoms with Gasteiger partial charge in [-0.25, -0.2) is 22.1 Å². The number of sulfonamides is 1. The van der Waals surface area contributed by atoms with Gasteiger partial charge in [0.15, 0.2) is 16.7 Å². The standard InChI is InChI=1S/C27H25FN4O6S2/c1-31(2)40(35,36)21-5-3-4-20(13-21)30-27-32(15-17-6-11-22-23(12-17)38-16-37-22)26(34)24(39-27)14-25(33)29-19-9-7-18(28)8-10-19/h3-13,24H,14-16H2,1-2H3,(H,29,33)/t24-/m0/s1. The molecule has 0 aromatic heterocycles. The number of amides is 2. The minimum Gasteiger partial charge on any atom is -0.454 e. The molecule has 0 saturated carbocycles. The Hall–Kier alpha value is -3.94. The van der Waals surface area contributed by atoms with Crippen molar-refractivity contribution in [2.75, 3.05) is 26.2 Å². The Morgan fingerprint density at radius 2 is 1.85 bits per heavy atom. The molecule has 0 spiro atoms. The van der Waals surface area contributed by atoms with Crippen molar-refractivity contribution in [3.05, 3.63) is 78.1 Å². The van der Waals surface area contributed by atoms with E-state index in [0.29, 0.717) is 28.0 Å².